The Hall–Kier alpha value is -2.90. The minimum absolute atomic E-state index is 0.147. The third-order valence-electron chi connectivity index (χ3n) is 2.85. The van der Waals surface area contributed by atoms with Gasteiger partial charge in [-0.15, -0.1) is 5.10 Å². The van der Waals surface area contributed by atoms with Crippen molar-refractivity contribution in [1.82, 2.24) is 14.6 Å². The number of carbonyl (C=O) groups is 1. The van der Waals surface area contributed by atoms with Gasteiger partial charge >= 0.3 is 5.97 Å². The van der Waals surface area contributed by atoms with Gasteiger partial charge in [-0.2, -0.15) is 0 Å². The lowest BCUT2D eigenvalue weighted by Gasteiger charge is -2.00. The van der Waals surface area contributed by atoms with Crippen LogP contribution in [0.5, 0.6) is 0 Å². The Morgan fingerprint density at radius 3 is 2.57 bits per heavy atom. The van der Waals surface area contributed by atoms with Crippen molar-refractivity contribution >= 4 is 11.6 Å². The molecule has 2 aromatic heterocycles. The first-order valence-corrected chi connectivity index (χ1v) is 5.72. The first-order valence-electron chi connectivity index (χ1n) is 5.72. The summed E-state index contributed by atoms with van der Waals surface area (Å²) in [5, 5.41) is 12.9. The zero-order valence-electron chi connectivity index (χ0n) is 10.2. The molecule has 0 aliphatic rings. The standard InChI is InChI=1S/C13H6F3N3O2/c14-7-5-4-6(10(15)11(7)16)12-17-9-3-1-2-8(13(20)21)19(9)18-12/h1-5H,(H,20,21). The lowest BCUT2D eigenvalue weighted by molar-refractivity contribution is 0.0687. The summed E-state index contributed by atoms with van der Waals surface area (Å²) in [6.45, 7) is 0. The van der Waals surface area contributed by atoms with Gasteiger partial charge in [0.1, 0.15) is 0 Å². The summed E-state index contributed by atoms with van der Waals surface area (Å²) in [5.41, 5.74) is -0.391. The van der Waals surface area contributed by atoms with E-state index in [9.17, 15) is 18.0 Å². The number of aromatic nitrogens is 3. The molecule has 1 N–H and O–H groups in total. The highest BCUT2D eigenvalue weighted by Gasteiger charge is 2.19. The number of hydrogen-bond acceptors (Lipinski definition) is 3. The highest BCUT2D eigenvalue weighted by molar-refractivity contribution is 5.86. The number of fused-ring (bicyclic) bond motifs is 1. The van der Waals surface area contributed by atoms with Crippen LogP contribution in [0.2, 0.25) is 0 Å². The number of pyridine rings is 1. The maximum Gasteiger partial charge on any atom is 0.354 e. The highest BCUT2D eigenvalue weighted by atomic mass is 19.2. The van der Waals surface area contributed by atoms with Gasteiger partial charge in [0.15, 0.2) is 34.6 Å². The van der Waals surface area contributed by atoms with Gasteiger partial charge < -0.3 is 5.11 Å². The Bertz CT molecular complexity index is 876. The Morgan fingerprint density at radius 1 is 1.10 bits per heavy atom. The van der Waals surface area contributed by atoms with E-state index in [2.05, 4.69) is 10.1 Å². The fourth-order valence-corrected chi connectivity index (χ4v) is 1.88. The van der Waals surface area contributed by atoms with E-state index in [1.807, 2.05) is 0 Å². The van der Waals surface area contributed by atoms with Crippen molar-refractivity contribution in [3.63, 3.8) is 0 Å². The number of nitrogens with zero attached hydrogens (tertiary/aromatic N) is 3. The van der Waals surface area contributed by atoms with E-state index in [0.29, 0.717) is 0 Å². The highest BCUT2D eigenvalue weighted by Crippen LogP contribution is 2.24. The molecule has 1 aromatic carbocycles. The van der Waals surface area contributed by atoms with E-state index in [4.69, 9.17) is 5.11 Å². The molecule has 0 radical (unpaired) electrons. The average molecular weight is 293 g/mol. The molecule has 0 atom stereocenters. The molecule has 0 saturated heterocycles. The number of rotatable bonds is 2. The van der Waals surface area contributed by atoms with Gasteiger partial charge in [0.05, 0.1) is 5.56 Å². The Labute approximate surface area is 115 Å². The summed E-state index contributed by atoms with van der Waals surface area (Å²) in [4.78, 5) is 15.0. The van der Waals surface area contributed by atoms with Crippen LogP contribution in [0.15, 0.2) is 30.3 Å². The monoisotopic (exact) mass is 293 g/mol. The lowest BCUT2D eigenvalue weighted by Crippen LogP contribution is -2.05. The second-order valence-corrected chi connectivity index (χ2v) is 4.14. The topological polar surface area (TPSA) is 67.5 Å². The Kier molecular flexibility index (Phi) is 2.86. The largest absolute Gasteiger partial charge is 0.477 e. The summed E-state index contributed by atoms with van der Waals surface area (Å²) in [6.07, 6.45) is 0. The second kappa shape index (κ2) is 4.58. The molecule has 0 spiro atoms. The third kappa shape index (κ3) is 2.00. The van der Waals surface area contributed by atoms with Crippen molar-refractivity contribution in [3.05, 3.63) is 53.5 Å². The van der Waals surface area contributed by atoms with Gasteiger partial charge in [0.2, 0.25) is 0 Å². The van der Waals surface area contributed by atoms with Crippen LogP contribution < -0.4 is 0 Å². The summed E-state index contributed by atoms with van der Waals surface area (Å²) >= 11 is 0. The minimum atomic E-state index is -1.63. The van der Waals surface area contributed by atoms with Crippen LogP contribution in [0, 0.1) is 17.5 Å². The van der Waals surface area contributed by atoms with Crippen LogP contribution in [0.4, 0.5) is 13.2 Å². The van der Waals surface area contributed by atoms with Crippen LogP contribution in [0.1, 0.15) is 10.5 Å². The van der Waals surface area contributed by atoms with Gasteiger partial charge in [-0.25, -0.2) is 27.5 Å². The molecule has 3 aromatic rings. The van der Waals surface area contributed by atoms with Crippen LogP contribution in [-0.2, 0) is 0 Å². The molecule has 0 saturated carbocycles. The Morgan fingerprint density at radius 2 is 1.86 bits per heavy atom. The molecule has 0 fully saturated rings. The SMILES string of the molecule is O=C(O)c1cccc2nc(-c3ccc(F)c(F)c3F)nn12. The van der Waals surface area contributed by atoms with Crippen LogP contribution in [-0.4, -0.2) is 25.7 Å². The number of benzene rings is 1. The number of hydrogen-bond donors (Lipinski definition) is 1. The van der Waals surface area contributed by atoms with E-state index in [0.717, 1.165) is 16.6 Å². The van der Waals surface area contributed by atoms with Crippen molar-refractivity contribution in [2.45, 2.75) is 0 Å². The van der Waals surface area contributed by atoms with Crippen LogP contribution >= 0.6 is 0 Å². The van der Waals surface area contributed by atoms with Gasteiger partial charge in [0.25, 0.3) is 0 Å². The first-order chi connectivity index (χ1) is 9.99. The molecule has 0 amide bonds. The molecule has 106 valence electrons. The fourth-order valence-electron chi connectivity index (χ4n) is 1.88. The first kappa shape index (κ1) is 13.1. The van der Waals surface area contributed by atoms with E-state index >= 15 is 0 Å². The molecule has 0 aliphatic carbocycles. The zero-order valence-corrected chi connectivity index (χ0v) is 10.2. The summed E-state index contributed by atoms with van der Waals surface area (Å²) in [6, 6.07) is 5.93. The molecule has 3 rings (SSSR count). The lowest BCUT2D eigenvalue weighted by atomic mass is 10.2. The van der Waals surface area contributed by atoms with E-state index in [1.54, 1.807) is 0 Å². The predicted octanol–water partition coefficient (Wildman–Crippen LogP) is 2.51. The molecule has 5 nitrogen and oxygen atoms in total. The van der Waals surface area contributed by atoms with Crippen molar-refractivity contribution in [3.8, 4) is 11.4 Å². The molecule has 8 heteroatoms. The second-order valence-electron chi connectivity index (χ2n) is 4.14. The maximum atomic E-state index is 13.7. The van der Waals surface area contributed by atoms with E-state index < -0.39 is 23.4 Å². The van der Waals surface area contributed by atoms with Gasteiger partial charge in [-0.05, 0) is 24.3 Å². The number of carboxylic acid groups (broad SMARTS) is 1. The summed E-state index contributed by atoms with van der Waals surface area (Å²) < 4.78 is 40.8. The van der Waals surface area contributed by atoms with Gasteiger partial charge in [-0.1, -0.05) is 6.07 Å². The molecule has 0 unspecified atom stereocenters. The third-order valence-corrected chi connectivity index (χ3v) is 2.85. The van der Waals surface area contributed by atoms with Crippen LogP contribution in [0.3, 0.4) is 0 Å². The average Bonchev–Trinajstić information content (AvgIpc) is 2.88. The molecule has 2 heterocycles. The van der Waals surface area contributed by atoms with Crippen molar-refractivity contribution in [2.24, 2.45) is 0 Å². The quantitative estimate of drug-likeness (QED) is 0.737. The molecular weight excluding hydrogens is 287 g/mol. The number of halogens is 3. The molecule has 0 aliphatic heterocycles. The molecular formula is C13H6F3N3O2. The van der Waals surface area contributed by atoms with E-state index in [-0.39, 0.29) is 22.7 Å². The van der Waals surface area contributed by atoms with Crippen molar-refractivity contribution in [1.29, 1.82) is 0 Å². The fraction of sp³-hybridized carbons (Fsp3) is 0. The maximum absolute atomic E-state index is 13.7. The molecule has 0 bridgehead atoms. The van der Waals surface area contributed by atoms with Crippen molar-refractivity contribution in [2.75, 3.05) is 0 Å². The van der Waals surface area contributed by atoms with Gasteiger partial charge in [-0.3, -0.25) is 0 Å². The van der Waals surface area contributed by atoms with Crippen LogP contribution in [0.25, 0.3) is 17.0 Å². The summed E-state index contributed by atoms with van der Waals surface area (Å²) in [7, 11) is 0. The van der Waals surface area contributed by atoms with Gasteiger partial charge in [0, 0.05) is 0 Å². The van der Waals surface area contributed by atoms with Crippen molar-refractivity contribution < 1.29 is 23.1 Å². The minimum Gasteiger partial charge on any atom is -0.477 e. The number of carboxylic acids is 1. The normalized spacial score (nSPS) is 11.0. The predicted molar refractivity (Wildman–Crippen MR) is 65.3 cm³/mol. The van der Waals surface area contributed by atoms with E-state index in [1.165, 1.54) is 18.2 Å². The summed E-state index contributed by atoms with van der Waals surface area (Å²) in [5.74, 6) is -5.87. The zero-order chi connectivity index (χ0) is 15.1. The molecule has 21 heavy (non-hydrogen) atoms. The smallest absolute Gasteiger partial charge is 0.354 e. The number of aromatic carboxylic acids is 1. The Balaban J connectivity index is 2.25.